The molecule has 0 radical (unpaired) electrons. The quantitative estimate of drug-likeness (QED) is 0.685. The Morgan fingerprint density at radius 3 is 2.68 bits per heavy atom. The van der Waals surface area contributed by atoms with Crippen molar-refractivity contribution in [2.45, 2.75) is 63.4 Å². The zero-order chi connectivity index (χ0) is 19.8. The molecule has 2 fully saturated rings. The first-order valence-electron chi connectivity index (χ1n) is 10.3. The third-order valence-corrected chi connectivity index (χ3v) is 6.36. The molecular formula is C21H30N4O3. The average molecular weight is 386 g/mol. The average Bonchev–Trinajstić information content (AvgIpc) is 2.98. The molecule has 0 amide bonds. The highest BCUT2D eigenvalue weighted by atomic mass is 16.5. The number of allylic oxidation sites excluding steroid dienone is 1. The molecule has 2 N–H and O–H groups in total. The van der Waals surface area contributed by atoms with Crippen LogP contribution in [-0.2, 0) is 11.8 Å². The van der Waals surface area contributed by atoms with Gasteiger partial charge in [-0.25, -0.2) is 4.79 Å². The van der Waals surface area contributed by atoms with E-state index in [1.165, 1.54) is 0 Å². The molecule has 0 spiro atoms. The van der Waals surface area contributed by atoms with Gasteiger partial charge in [0.25, 0.3) is 0 Å². The van der Waals surface area contributed by atoms with E-state index in [1.807, 2.05) is 17.7 Å². The number of aliphatic hydroxyl groups excluding tert-OH is 1. The van der Waals surface area contributed by atoms with E-state index in [1.54, 1.807) is 11.7 Å². The summed E-state index contributed by atoms with van der Waals surface area (Å²) < 4.78 is 9.21. The number of aromatic nitrogens is 2. The van der Waals surface area contributed by atoms with E-state index in [9.17, 15) is 9.90 Å². The number of imidazole rings is 1. The van der Waals surface area contributed by atoms with Crippen LogP contribution in [0, 0.1) is 0 Å². The van der Waals surface area contributed by atoms with Gasteiger partial charge in [-0.3, -0.25) is 14.5 Å². The van der Waals surface area contributed by atoms with Crippen LogP contribution in [-0.4, -0.2) is 57.7 Å². The highest BCUT2D eigenvalue weighted by Crippen LogP contribution is 2.24. The fourth-order valence-corrected chi connectivity index (χ4v) is 4.57. The van der Waals surface area contributed by atoms with E-state index in [-0.39, 0.29) is 24.1 Å². The summed E-state index contributed by atoms with van der Waals surface area (Å²) in [4.78, 5) is 15.3. The summed E-state index contributed by atoms with van der Waals surface area (Å²) in [5.74, 6) is 0. The Morgan fingerprint density at radius 2 is 2.00 bits per heavy atom. The molecule has 4 rings (SSSR count). The monoisotopic (exact) mass is 386 g/mol. The van der Waals surface area contributed by atoms with Crippen LogP contribution in [0.1, 0.15) is 45.1 Å². The number of nitrogens with zero attached hydrogens (tertiary/aromatic N) is 3. The van der Waals surface area contributed by atoms with Gasteiger partial charge >= 0.3 is 5.69 Å². The number of fused-ring (bicyclic) bond motifs is 1. The van der Waals surface area contributed by atoms with Crippen LogP contribution in [0.15, 0.2) is 16.2 Å². The SMILES string of the molecule is CCC1CCC(n2c3c(n(C)c2=O)=CC(N2CCC(O)CC2)=C=C=3)C(OC)N1. The van der Waals surface area contributed by atoms with Crippen LogP contribution < -0.4 is 21.7 Å². The Bertz CT molecular complexity index is 986. The number of hydrogen-bond donors (Lipinski definition) is 2. The van der Waals surface area contributed by atoms with Crippen molar-refractivity contribution in [1.82, 2.24) is 19.4 Å². The van der Waals surface area contributed by atoms with Crippen LogP contribution in [0.2, 0.25) is 0 Å². The third kappa shape index (κ3) is 3.30. The summed E-state index contributed by atoms with van der Waals surface area (Å²) in [6.07, 6.45) is 6.08. The predicted molar refractivity (Wildman–Crippen MR) is 107 cm³/mol. The largest absolute Gasteiger partial charge is 0.393 e. The molecule has 7 heteroatoms. The lowest BCUT2D eigenvalue weighted by Crippen LogP contribution is -2.52. The second-order valence-electron chi connectivity index (χ2n) is 8.02. The molecule has 3 unspecified atom stereocenters. The molecule has 1 aromatic heterocycles. The molecule has 2 saturated heterocycles. The van der Waals surface area contributed by atoms with Crippen LogP contribution in [0.4, 0.5) is 0 Å². The Morgan fingerprint density at radius 1 is 1.25 bits per heavy atom. The van der Waals surface area contributed by atoms with Crippen molar-refractivity contribution >= 4 is 11.8 Å². The minimum Gasteiger partial charge on any atom is -0.393 e. The minimum absolute atomic E-state index is 0.0466. The van der Waals surface area contributed by atoms with E-state index in [0.29, 0.717) is 6.04 Å². The van der Waals surface area contributed by atoms with E-state index >= 15 is 0 Å². The van der Waals surface area contributed by atoms with E-state index < -0.39 is 0 Å². The lowest BCUT2D eigenvalue weighted by atomic mass is 9.97. The number of aliphatic hydroxyl groups is 1. The van der Waals surface area contributed by atoms with Gasteiger partial charge in [0.05, 0.1) is 23.2 Å². The van der Waals surface area contributed by atoms with E-state index in [4.69, 9.17) is 4.74 Å². The molecule has 3 heterocycles. The maximum absolute atomic E-state index is 13.1. The van der Waals surface area contributed by atoms with E-state index in [0.717, 1.165) is 61.6 Å². The Kier molecular flexibility index (Phi) is 5.37. The van der Waals surface area contributed by atoms with Crippen molar-refractivity contribution in [1.29, 1.82) is 0 Å². The zero-order valence-electron chi connectivity index (χ0n) is 16.9. The van der Waals surface area contributed by atoms with Gasteiger partial charge in [-0.05, 0) is 49.6 Å². The predicted octanol–water partition coefficient (Wildman–Crippen LogP) is -0.468. The van der Waals surface area contributed by atoms with E-state index in [2.05, 4.69) is 28.6 Å². The molecule has 2 aliphatic heterocycles. The first-order chi connectivity index (χ1) is 13.5. The number of likely N-dealkylation sites (tertiary alicyclic amines) is 1. The maximum Gasteiger partial charge on any atom is 0.329 e. The Labute approximate surface area is 164 Å². The first kappa shape index (κ1) is 19.3. The van der Waals surface area contributed by atoms with Gasteiger partial charge < -0.3 is 14.7 Å². The van der Waals surface area contributed by atoms with Crippen LogP contribution in [0.3, 0.4) is 0 Å². The molecule has 1 aromatic rings. The lowest BCUT2D eigenvalue weighted by molar-refractivity contribution is -0.00596. The first-order valence-corrected chi connectivity index (χ1v) is 10.3. The normalized spacial score (nSPS) is 27.8. The van der Waals surface area contributed by atoms with Gasteiger partial charge in [-0.15, -0.1) is 0 Å². The van der Waals surface area contributed by atoms with Crippen molar-refractivity contribution < 1.29 is 9.84 Å². The van der Waals surface area contributed by atoms with Gasteiger partial charge in [-0.2, -0.15) is 0 Å². The van der Waals surface area contributed by atoms with Gasteiger partial charge in [0.15, 0.2) is 0 Å². The van der Waals surface area contributed by atoms with Crippen molar-refractivity contribution in [2.24, 2.45) is 7.05 Å². The highest BCUT2D eigenvalue weighted by Gasteiger charge is 2.33. The number of methoxy groups -OCH3 is 1. The maximum atomic E-state index is 13.1. The summed E-state index contributed by atoms with van der Waals surface area (Å²) in [7, 11) is 3.50. The minimum atomic E-state index is -0.217. The van der Waals surface area contributed by atoms with Crippen molar-refractivity contribution in [3.63, 3.8) is 0 Å². The van der Waals surface area contributed by atoms with Gasteiger partial charge in [-0.1, -0.05) is 6.92 Å². The lowest BCUT2D eigenvalue weighted by Gasteiger charge is -2.36. The number of nitrogens with one attached hydrogen (secondary N) is 1. The standard InChI is InChI=1S/C21H30N4O3/c1-4-14-5-7-18(20(22-14)28-3)25-17-8-6-15(13-19(17)23(2)21(25)27)24-11-9-16(26)10-12-24/h13-14,16,18,20,22,26H,4-5,7,9-12H2,1-3H3. The second kappa shape index (κ2) is 7.78. The number of rotatable bonds is 4. The Balaban J connectivity index is 1.76. The van der Waals surface area contributed by atoms with Gasteiger partial charge in [0.2, 0.25) is 0 Å². The molecule has 28 heavy (non-hydrogen) atoms. The number of piperidine rings is 2. The Hall–Kier alpha value is -2.01. The van der Waals surface area contributed by atoms with Gasteiger partial charge in [0.1, 0.15) is 11.6 Å². The molecule has 0 aromatic carbocycles. The molecule has 152 valence electrons. The molecule has 7 nitrogen and oxygen atoms in total. The molecule has 3 aliphatic rings. The molecule has 1 aliphatic carbocycles. The summed E-state index contributed by atoms with van der Waals surface area (Å²) in [6.45, 7) is 3.75. The summed E-state index contributed by atoms with van der Waals surface area (Å²) in [5, 5.41) is 14.9. The van der Waals surface area contributed by atoms with Crippen LogP contribution in [0.5, 0.6) is 0 Å². The van der Waals surface area contributed by atoms with Gasteiger partial charge in [0, 0.05) is 33.3 Å². The summed E-state index contributed by atoms with van der Waals surface area (Å²) >= 11 is 0. The highest BCUT2D eigenvalue weighted by molar-refractivity contribution is 5.49. The fourth-order valence-electron chi connectivity index (χ4n) is 4.57. The molecule has 0 saturated carbocycles. The molecule has 3 atom stereocenters. The second-order valence-corrected chi connectivity index (χ2v) is 8.02. The molecular weight excluding hydrogens is 356 g/mol. The summed E-state index contributed by atoms with van der Waals surface area (Å²) in [6, 6.07) is 0.355. The smallest absolute Gasteiger partial charge is 0.329 e. The zero-order valence-corrected chi connectivity index (χ0v) is 16.9. The van der Waals surface area contributed by atoms with Crippen LogP contribution >= 0.6 is 0 Å². The summed E-state index contributed by atoms with van der Waals surface area (Å²) in [5.41, 5.74) is 7.40. The number of hydrogen-bond acceptors (Lipinski definition) is 5. The third-order valence-electron chi connectivity index (χ3n) is 6.36. The van der Waals surface area contributed by atoms with Crippen LogP contribution in [0.25, 0.3) is 11.8 Å². The fraction of sp³-hybridized carbons (Fsp3) is 0.667. The topological polar surface area (TPSA) is 71.7 Å². The molecule has 0 bridgehead atoms. The van der Waals surface area contributed by atoms with Crippen molar-refractivity contribution in [3.05, 3.63) is 32.6 Å². The van der Waals surface area contributed by atoms with Crippen molar-refractivity contribution in [2.75, 3.05) is 20.2 Å². The van der Waals surface area contributed by atoms with Crippen molar-refractivity contribution in [3.8, 4) is 0 Å². The number of ether oxygens (including phenoxy) is 1.